The number of rotatable bonds is 2. The van der Waals surface area contributed by atoms with Gasteiger partial charge in [0, 0.05) is 13.1 Å². The van der Waals surface area contributed by atoms with Gasteiger partial charge in [0.15, 0.2) is 0 Å². The van der Waals surface area contributed by atoms with Crippen LogP contribution in [0.2, 0.25) is 0 Å². The van der Waals surface area contributed by atoms with Crippen molar-refractivity contribution in [1.82, 2.24) is 4.90 Å². The predicted molar refractivity (Wildman–Crippen MR) is 76.4 cm³/mol. The molecule has 2 aliphatic rings. The summed E-state index contributed by atoms with van der Waals surface area (Å²) in [5.41, 5.74) is 5.99. The van der Waals surface area contributed by atoms with Gasteiger partial charge in [0.25, 0.3) is 0 Å². The van der Waals surface area contributed by atoms with Crippen LogP contribution >= 0.6 is 0 Å². The second kappa shape index (κ2) is 5.01. The zero-order chi connectivity index (χ0) is 12.4. The highest BCUT2D eigenvalue weighted by Gasteiger charge is 2.10. The molecule has 94 valence electrons. The minimum absolute atomic E-state index is 1.04. The summed E-state index contributed by atoms with van der Waals surface area (Å²) in [7, 11) is 0. The van der Waals surface area contributed by atoms with Crippen molar-refractivity contribution in [2.45, 2.75) is 39.2 Å². The lowest BCUT2D eigenvalue weighted by atomic mass is 9.90. The van der Waals surface area contributed by atoms with Crippen LogP contribution in [-0.2, 0) is 19.4 Å². The molecular formula is C17H21N. The van der Waals surface area contributed by atoms with Crippen LogP contribution in [0.15, 0.2) is 42.1 Å². The van der Waals surface area contributed by atoms with Gasteiger partial charge in [0.2, 0.25) is 0 Å². The van der Waals surface area contributed by atoms with E-state index in [0.29, 0.717) is 0 Å². The van der Waals surface area contributed by atoms with Crippen LogP contribution in [0.25, 0.3) is 0 Å². The molecule has 18 heavy (non-hydrogen) atoms. The molecule has 1 aliphatic heterocycles. The maximum Gasteiger partial charge on any atom is 0.0427 e. The summed E-state index contributed by atoms with van der Waals surface area (Å²) in [5, 5.41) is 0. The molecule has 0 amide bonds. The molecule has 0 fully saturated rings. The van der Waals surface area contributed by atoms with Gasteiger partial charge in [-0.2, -0.15) is 0 Å². The van der Waals surface area contributed by atoms with Gasteiger partial charge in [-0.3, -0.25) is 0 Å². The van der Waals surface area contributed by atoms with E-state index < -0.39 is 0 Å². The Bertz CT molecular complexity index is 496. The molecule has 0 bridgehead atoms. The van der Waals surface area contributed by atoms with Crippen LogP contribution < -0.4 is 0 Å². The Morgan fingerprint density at radius 1 is 1.11 bits per heavy atom. The van der Waals surface area contributed by atoms with Crippen LogP contribution in [-0.4, -0.2) is 11.4 Å². The van der Waals surface area contributed by atoms with Crippen LogP contribution in [0.3, 0.4) is 0 Å². The van der Waals surface area contributed by atoms with Crippen LogP contribution in [0.4, 0.5) is 0 Å². The topological polar surface area (TPSA) is 3.24 Å². The molecule has 0 unspecified atom stereocenters. The molecule has 0 spiro atoms. The predicted octanol–water partition coefficient (Wildman–Crippen LogP) is 3.84. The fraction of sp³-hybridized carbons (Fsp3) is 0.412. The van der Waals surface area contributed by atoms with E-state index in [1.54, 1.807) is 11.1 Å². The van der Waals surface area contributed by atoms with Crippen LogP contribution in [0.5, 0.6) is 0 Å². The van der Waals surface area contributed by atoms with Gasteiger partial charge in [0.05, 0.1) is 0 Å². The average molecular weight is 239 g/mol. The number of allylic oxidation sites excluding steroid dienone is 2. The second-order valence-electron chi connectivity index (χ2n) is 5.50. The molecule has 1 nitrogen and oxygen atoms in total. The largest absolute Gasteiger partial charge is 0.369 e. The smallest absolute Gasteiger partial charge is 0.0427 e. The summed E-state index contributed by atoms with van der Waals surface area (Å²) in [6, 6.07) is 7.08. The Labute approximate surface area is 110 Å². The molecule has 1 aromatic rings. The molecule has 0 atom stereocenters. The number of aryl methyl sites for hydroxylation is 2. The third-order valence-corrected chi connectivity index (χ3v) is 3.99. The van der Waals surface area contributed by atoms with E-state index in [2.05, 4.69) is 48.4 Å². The molecule has 1 heterocycles. The number of nitrogens with zero attached hydrogens (tertiary/aromatic N) is 1. The highest BCUT2D eigenvalue weighted by Crippen LogP contribution is 2.23. The summed E-state index contributed by atoms with van der Waals surface area (Å²) < 4.78 is 0. The van der Waals surface area contributed by atoms with Crippen molar-refractivity contribution in [3.8, 4) is 0 Å². The van der Waals surface area contributed by atoms with Crippen molar-refractivity contribution >= 4 is 0 Å². The third kappa shape index (κ3) is 2.50. The summed E-state index contributed by atoms with van der Waals surface area (Å²) in [6.45, 7) is 4.24. The molecule has 0 radical (unpaired) electrons. The Morgan fingerprint density at radius 3 is 2.72 bits per heavy atom. The Morgan fingerprint density at radius 2 is 1.94 bits per heavy atom. The number of hydrogen-bond acceptors (Lipinski definition) is 1. The van der Waals surface area contributed by atoms with E-state index in [9.17, 15) is 0 Å². The normalized spacial score (nSPS) is 18.5. The highest BCUT2D eigenvalue weighted by atomic mass is 15.1. The van der Waals surface area contributed by atoms with E-state index >= 15 is 0 Å². The Kier molecular flexibility index (Phi) is 3.22. The molecular weight excluding hydrogens is 218 g/mol. The van der Waals surface area contributed by atoms with Gasteiger partial charge in [-0.25, -0.2) is 0 Å². The minimum Gasteiger partial charge on any atom is -0.369 e. The van der Waals surface area contributed by atoms with Gasteiger partial charge >= 0.3 is 0 Å². The summed E-state index contributed by atoms with van der Waals surface area (Å²) in [4.78, 5) is 2.37. The van der Waals surface area contributed by atoms with Crippen molar-refractivity contribution in [2.24, 2.45) is 0 Å². The zero-order valence-electron chi connectivity index (χ0n) is 11.2. The average Bonchev–Trinajstić information content (AvgIpc) is 2.41. The van der Waals surface area contributed by atoms with E-state index in [-0.39, 0.29) is 0 Å². The first kappa shape index (κ1) is 11.6. The monoisotopic (exact) mass is 239 g/mol. The van der Waals surface area contributed by atoms with Gasteiger partial charge < -0.3 is 4.90 Å². The van der Waals surface area contributed by atoms with Crippen LogP contribution in [0.1, 0.15) is 36.5 Å². The van der Waals surface area contributed by atoms with Gasteiger partial charge in [-0.1, -0.05) is 29.8 Å². The molecule has 0 saturated carbocycles. The first-order valence-corrected chi connectivity index (χ1v) is 7.01. The van der Waals surface area contributed by atoms with Gasteiger partial charge in [-0.15, -0.1) is 0 Å². The third-order valence-electron chi connectivity index (χ3n) is 3.99. The molecule has 1 aliphatic carbocycles. The van der Waals surface area contributed by atoms with Crippen molar-refractivity contribution < 1.29 is 0 Å². The quantitative estimate of drug-likeness (QED) is 0.758. The van der Waals surface area contributed by atoms with Gasteiger partial charge in [0.1, 0.15) is 0 Å². The van der Waals surface area contributed by atoms with E-state index in [1.165, 1.54) is 36.8 Å². The van der Waals surface area contributed by atoms with E-state index in [0.717, 1.165) is 13.1 Å². The molecule has 0 saturated heterocycles. The number of benzene rings is 1. The first-order chi connectivity index (χ1) is 8.81. The maximum atomic E-state index is 2.42. The summed E-state index contributed by atoms with van der Waals surface area (Å²) >= 11 is 0. The second-order valence-corrected chi connectivity index (χ2v) is 5.50. The van der Waals surface area contributed by atoms with E-state index in [1.807, 2.05) is 0 Å². The molecule has 0 N–H and O–H groups in total. The van der Waals surface area contributed by atoms with Crippen molar-refractivity contribution in [2.75, 3.05) is 6.54 Å². The minimum atomic E-state index is 1.04. The number of hydrogen-bond donors (Lipinski definition) is 0. The van der Waals surface area contributed by atoms with Crippen molar-refractivity contribution in [1.29, 1.82) is 0 Å². The maximum absolute atomic E-state index is 2.42. The highest BCUT2D eigenvalue weighted by molar-refractivity contribution is 5.34. The van der Waals surface area contributed by atoms with Crippen LogP contribution in [0, 0.1) is 0 Å². The fourth-order valence-corrected chi connectivity index (χ4v) is 2.85. The number of fused-ring (bicyclic) bond motifs is 1. The first-order valence-electron chi connectivity index (χ1n) is 7.01. The van der Waals surface area contributed by atoms with Gasteiger partial charge in [-0.05, 0) is 61.6 Å². The summed E-state index contributed by atoms with van der Waals surface area (Å²) in [5.74, 6) is 0. The molecule has 0 aromatic heterocycles. The lowest BCUT2D eigenvalue weighted by Gasteiger charge is -2.23. The van der Waals surface area contributed by atoms with E-state index in [4.69, 9.17) is 0 Å². The standard InChI is InChI=1S/C17H21N/c1-14-8-10-18(11-9-14)13-15-6-7-16-4-2-3-5-17(16)12-15/h6-10,12H,2-5,11,13H2,1H3. The lowest BCUT2D eigenvalue weighted by molar-refractivity contribution is 0.403. The zero-order valence-corrected chi connectivity index (χ0v) is 11.2. The Hall–Kier alpha value is -1.50. The lowest BCUT2D eigenvalue weighted by Crippen LogP contribution is -2.19. The molecule has 3 rings (SSSR count). The Balaban J connectivity index is 1.72. The van der Waals surface area contributed by atoms with Crippen molar-refractivity contribution in [3.05, 3.63) is 58.8 Å². The summed E-state index contributed by atoms with van der Waals surface area (Å²) in [6.07, 6.45) is 12.0. The SMILES string of the molecule is CC1=CCN(Cc2ccc3c(c2)CCCC3)C=C1. The fourth-order valence-electron chi connectivity index (χ4n) is 2.85. The molecule has 1 aromatic carbocycles. The molecule has 1 heteroatoms. The van der Waals surface area contributed by atoms with Crippen molar-refractivity contribution in [3.63, 3.8) is 0 Å².